The number of carbonyl (C=O) groups is 2. The quantitative estimate of drug-likeness (QED) is 0.501. The summed E-state index contributed by atoms with van der Waals surface area (Å²) >= 11 is 0. The van der Waals surface area contributed by atoms with Crippen LogP contribution in [-0.4, -0.2) is 38.4 Å². The maximum absolute atomic E-state index is 9.53. The Kier molecular flexibility index (Phi) is 15.2. The number of amides is 2. The van der Waals surface area contributed by atoms with E-state index in [2.05, 4.69) is 44.7 Å². The van der Waals surface area contributed by atoms with Gasteiger partial charge in [0.05, 0.1) is 12.5 Å². The number of primary amides is 2. The molecule has 0 aromatic rings. The summed E-state index contributed by atoms with van der Waals surface area (Å²) in [5, 5.41) is 6.44. The fourth-order valence-electron chi connectivity index (χ4n) is 0.768. The van der Waals surface area contributed by atoms with Crippen LogP contribution in [0.1, 0.15) is 0 Å². The Hall–Kier alpha value is -2.06. The van der Waals surface area contributed by atoms with E-state index < -0.39 is 12.2 Å². The van der Waals surface area contributed by atoms with Crippen molar-refractivity contribution in [2.45, 2.75) is 0 Å². The van der Waals surface area contributed by atoms with Gasteiger partial charge in [-0.05, 0) is 0 Å². The van der Waals surface area contributed by atoms with Gasteiger partial charge in [-0.25, -0.2) is 9.59 Å². The van der Waals surface area contributed by atoms with Crippen LogP contribution < -0.4 is 22.1 Å². The van der Waals surface area contributed by atoms with Crippen LogP contribution in [0.5, 0.6) is 0 Å². The van der Waals surface area contributed by atoms with Crippen molar-refractivity contribution >= 4 is 12.2 Å². The van der Waals surface area contributed by atoms with Crippen molar-refractivity contribution in [1.82, 2.24) is 10.6 Å². The fourth-order valence-corrected chi connectivity index (χ4v) is 0.768. The summed E-state index contributed by atoms with van der Waals surface area (Å²) in [5.41, 5.74) is 8.94. The van der Waals surface area contributed by atoms with E-state index in [0.717, 1.165) is 38.7 Å². The fraction of sp³-hybridized carbons (Fsp3) is 0.400. The van der Waals surface area contributed by atoms with Gasteiger partial charge in [-0.3, -0.25) is 0 Å². The Balaban J connectivity index is 0. The van der Waals surface area contributed by atoms with E-state index >= 15 is 0 Å². The van der Waals surface area contributed by atoms with E-state index in [4.69, 9.17) is 0 Å². The normalized spacial score (nSPS) is 12.4. The predicted octanol–water partition coefficient (Wildman–Crippen LogP) is -0.370. The highest BCUT2D eigenvalue weighted by molar-refractivity contribution is 5.65. The molecule has 0 radical (unpaired) electrons. The minimum Gasteiger partial charge on any atom is -0.419 e. The summed E-state index contributed by atoms with van der Waals surface area (Å²) in [6, 6.07) is 0. The highest BCUT2D eigenvalue weighted by Gasteiger charge is 1.91. The Morgan fingerprint density at radius 1 is 0.889 bits per heavy atom. The molecule has 1 aliphatic rings. The molecule has 0 aromatic carbocycles. The third kappa shape index (κ3) is 23.6. The molecule has 0 aromatic heterocycles. The van der Waals surface area contributed by atoms with Crippen molar-refractivity contribution in [1.29, 1.82) is 0 Å². The average molecular weight is 260 g/mol. The zero-order valence-corrected chi connectivity index (χ0v) is 10.2. The number of hydrogen-bond donors (Lipinski definition) is 4. The van der Waals surface area contributed by atoms with Crippen molar-refractivity contribution < 1.29 is 19.1 Å². The molecule has 0 aliphatic carbocycles. The van der Waals surface area contributed by atoms with Crippen LogP contribution >= 0.6 is 0 Å². The maximum Gasteiger partial charge on any atom is 0.409 e. The smallest absolute Gasteiger partial charge is 0.409 e. The van der Waals surface area contributed by atoms with Gasteiger partial charge >= 0.3 is 12.2 Å². The molecule has 1 aliphatic heterocycles. The van der Waals surface area contributed by atoms with Gasteiger partial charge in [0.25, 0.3) is 0 Å². The van der Waals surface area contributed by atoms with Gasteiger partial charge in [0.2, 0.25) is 0 Å². The molecular weight excluding hydrogens is 240 g/mol. The highest BCUT2D eigenvalue weighted by Crippen LogP contribution is 1.67. The molecule has 0 saturated carbocycles. The summed E-state index contributed by atoms with van der Waals surface area (Å²) in [6.07, 6.45) is 0.292. The van der Waals surface area contributed by atoms with Crippen molar-refractivity contribution in [2.24, 2.45) is 11.5 Å². The number of hydrogen-bond acceptors (Lipinski definition) is 6. The number of carbonyl (C=O) groups excluding carboxylic acids is 2. The molecular formula is C10H20N4O4. The third-order valence-corrected chi connectivity index (χ3v) is 1.36. The molecule has 2 amide bonds. The lowest BCUT2D eigenvalue weighted by atomic mass is 10.4. The molecule has 0 bridgehead atoms. The number of nitrogens with one attached hydrogen (secondary N) is 2. The van der Waals surface area contributed by atoms with E-state index in [-0.39, 0.29) is 0 Å². The second kappa shape index (κ2) is 14.9. The van der Waals surface area contributed by atoms with Crippen LogP contribution in [0.25, 0.3) is 0 Å². The first-order valence-electron chi connectivity index (χ1n) is 5.10. The maximum atomic E-state index is 9.53. The molecule has 1 heterocycles. The lowest BCUT2D eigenvalue weighted by Gasteiger charge is -2.11. The first-order chi connectivity index (χ1) is 8.54. The lowest BCUT2D eigenvalue weighted by Crippen LogP contribution is -2.39. The summed E-state index contributed by atoms with van der Waals surface area (Å²) in [7, 11) is 0. The first kappa shape index (κ1) is 18.3. The van der Waals surface area contributed by atoms with Crippen LogP contribution in [0.2, 0.25) is 0 Å². The second-order valence-electron chi connectivity index (χ2n) is 2.71. The molecule has 1 fully saturated rings. The molecule has 8 nitrogen and oxygen atoms in total. The molecule has 0 spiro atoms. The standard InChI is InChI=1S/C4H10N2.2C3H5NO2/c1-2-6-4-3-5-1;2*1-2-6-3(4)5/h5-6H,1-4H2;2*2H,1H2,(H2,4,5). The minimum atomic E-state index is -0.829. The molecule has 104 valence electrons. The van der Waals surface area contributed by atoms with Crippen LogP contribution in [-0.2, 0) is 9.47 Å². The lowest BCUT2D eigenvalue weighted by molar-refractivity contribution is 0.195. The Morgan fingerprint density at radius 3 is 1.22 bits per heavy atom. The zero-order chi connectivity index (χ0) is 14.2. The van der Waals surface area contributed by atoms with Crippen molar-refractivity contribution in [3.63, 3.8) is 0 Å². The van der Waals surface area contributed by atoms with Gasteiger partial charge in [-0.15, -0.1) is 0 Å². The van der Waals surface area contributed by atoms with E-state index in [0.29, 0.717) is 0 Å². The topological polar surface area (TPSA) is 129 Å². The van der Waals surface area contributed by atoms with Gasteiger partial charge in [0.15, 0.2) is 0 Å². The molecule has 6 N–H and O–H groups in total. The summed E-state index contributed by atoms with van der Waals surface area (Å²) in [4.78, 5) is 19.1. The van der Waals surface area contributed by atoms with Crippen molar-refractivity contribution in [3.8, 4) is 0 Å². The summed E-state index contributed by atoms with van der Waals surface area (Å²) in [6.45, 7) is 10.7. The van der Waals surface area contributed by atoms with Gasteiger partial charge in [-0.1, -0.05) is 13.2 Å². The van der Waals surface area contributed by atoms with E-state index in [1.807, 2.05) is 0 Å². The van der Waals surface area contributed by atoms with E-state index in [1.165, 1.54) is 0 Å². The minimum absolute atomic E-state index is 0.829. The number of ether oxygens (including phenoxy) is 2. The molecule has 1 rings (SSSR count). The molecule has 0 unspecified atom stereocenters. The van der Waals surface area contributed by atoms with Crippen molar-refractivity contribution in [3.05, 3.63) is 25.7 Å². The van der Waals surface area contributed by atoms with Gasteiger partial charge in [0, 0.05) is 26.2 Å². The largest absolute Gasteiger partial charge is 0.419 e. The van der Waals surface area contributed by atoms with Gasteiger partial charge < -0.3 is 31.6 Å². The van der Waals surface area contributed by atoms with Crippen LogP contribution in [0.15, 0.2) is 25.7 Å². The molecule has 18 heavy (non-hydrogen) atoms. The average Bonchev–Trinajstić information content (AvgIpc) is 2.32. The van der Waals surface area contributed by atoms with E-state index in [1.54, 1.807) is 0 Å². The van der Waals surface area contributed by atoms with Gasteiger partial charge in [-0.2, -0.15) is 0 Å². The molecule has 0 atom stereocenters. The predicted molar refractivity (Wildman–Crippen MR) is 67.5 cm³/mol. The number of piperazine rings is 1. The van der Waals surface area contributed by atoms with Crippen molar-refractivity contribution in [2.75, 3.05) is 26.2 Å². The summed E-state index contributed by atoms with van der Waals surface area (Å²) < 4.78 is 7.89. The number of rotatable bonds is 2. The van der Waals surface area contributed by atoms with Gasteiger partial charge in [0.1, 0.15) is 0 Å². The first-order valence-corrected chi connectivity index (χ1v) is 5.10. The monoisotopic (exact) mass is 260 g/mol. The number of nitrogens with two attached hydrogens (primary N) is 2. The van der Waals surface area contributed by atoms with Crippen LogP contribution in [0, 0.1) is 0 Å². The van der Waals surface area contributed by atoms with Crippen LogP contribution in [0.4, 0.5) is 9.59 Å². The molecule has 1 saturated heterocycles. The Bertz CT molecular complexity index is 223. The molecule has 8 heteroatoms. The Labute approximate surface area is 106 Å². The second-order valence-corrected chi connectivity index (χ2v) is 2.71. The highest BCUT2D eigenvalue weighted by atomic mass is 16.5. The Morgan fingerprint density at radius 2 is 1.17 bits per heavy atom. The van der Waals surface area contributed by atoms with E-state index in [9.17, 15) is 9.59 Å². The SMILES string of the molecule is C1CNCCN1.C=COC(N)=O.C=COC(N)=O. The van der Waals surface area contributed by atoms with Crippen LogP contribution in [0.3, 0.4) is 0 Å². The zero-order valence-electron chi connectivity index (χ0n) is 10.2. The third-order valence-electron chi connectivity index (χ3n) is 1.36. The summed E-state index contributed by atoms with van der Waals surface area (Å²) in [5.74, 6) is 0.